The molecular formula is C19H20BrN5O2. The first-order chi connectivity index (χ1) is 13.0. The first-order valence-corrected chi connectivity index (χ1v) is 9.63. The summed E-state index contributed by atoms with van der Waals surface area (Å²) in [6.07, 6.45) is 4.00. The van der Waals surface area contributed by atoms with E-state index in [0.29, 0.717) is 37.1 Å². The number of benzene rings is 1. The Kier molecular flexibility index (Phi) is 4.73. The molecule has 8 heteroatoms. The number of fused-ring (bicyclic) bond motifs is 1. The minimum Gasteiger partial charge on any atom is -0.366 e. The highest BCUT2D eigenvalue weighted by Gasteiger charge is 2.24. The van der Waals surface area contributed by atoms with Crippen molar-refractivity contribution in [3.05, 3.63) is 57.0 Å². The molecule has 0 radical (unpaired) electrons. The lowest BCUT2D eigenvalue weighted by Crippen LogP contribution is -2.49. The van der Waals surface area contributed by atoms with Gasteiger partial charge in [0.25, 0.3) is 5.56 Å². The molecule has 1 aliphatic rings. The van der Waals surface area contributed by atoms with Crippen LogP contribution >= 0.6 is 15.9 Å². The van der Waals surface area contributed by atoms with E-state index in [2.05, 4.69) is 30.9 Å². The minimum atomic E-state index is -0.162. The van der Waals surface area contributed by atoms with E-state index in [-0.39, 0.29) is 11.5 Å². The van der Waals surface area contributed by atoms with Crippen LogP contribution in [0.25, 0.3) is 10.9 Å². The number of carbonyl (C=O) groups is 1. The maximum Gasteiger partial charge on any atom is 0.282 e. The average molecular weight is 430 g/mol. The van der Waals surface area contributed by atoms with Gasteiger partial charge in [-0.25, -0.2) is 4.68 Å². The van der Waals surface area contributed by atoms with Crippen molar-refractivity contribution >= 4 is 38.4 Å². The summed E-state index contributed by atoms with van der Waals surface area (Å²) in [6, 6.07) is 8.01. The Morgan fingerprint density at radius 1 is 1.22 bits per heavy atom. The summed E-state index contributed by atoms with van der Waals surface area (Å²) in [5.41, 5.74) is 2.69. The van der Waals surface area contributed by atoms with Crippen molar-refractivity contribution in [3.8, 4) is 0 Å². The zero-order valence-corrected chi connectivity index (χ0v) is 16.6. The SMILES string of the molecule is Cn1ncc(N2CCN(C(=O)Cc3c[nH]c4ccccc34)CC2)c(Br)c1=O. The van der Waals surface area contributed by atoms with Crippen LogP contribution in [0.2, 0.25) is 0 Å². The highest BCUT2D eigenvalue weighted by atomic mass is 79.9. The predicted molar refractivity (Wildman–Crippen MR) is 108 cm³/mol. The van der Waals surface area contributed by atoms with Crippen LogP contribution < -0.4 is 10.5 Å². The van der Waals surface area contributed by atoms with Crippen molar-refractivity contribution < 1.29 is 4.79 Å². The number of halogens is 1. The summed E-state index contributed by atoms with van der Waals surface area (Å²) in [5, 5.41) is 5.19. The summed E-state index contributed by atoms with van der Waals surface area (Å²) < 4.78 is 1.81. The molecule has 1 aromatic carbocycles. The Bertz CT molecular complexity index is 1050. The smallest absolute Gasteiger partial charge is 0.282 e. The Morgan fingerprint density at radius 2 is 1.96 bits per heavy atom. The van der Waals surface area contributed by atoms with E-state index in [1.807, 2.05) is 35.4 Å². The first-order valence-electron chi connectivity index (χ1n) is 8.84. The summed E-state index contributed by atoms with van der Waals surface area (Å²) in [4.78, 5) is 32.0. The van der Waals surface area contributed by atoms with Crippen LogP contribution in [0, 0.1) is 0 Å². The normalized spacial score (nSPS) is 14.7. The number of piperazine rings is 1. The van der Waals surface area contributed by atoms with Gasteiger partial charge in [-0.05, 0) is 27.6 Å². The third-order valence-corrected chi connectivity index (χ3v) is 5.79. The number of aromatic amines is 1. The molecule has 7 nitrogen and oxygen atoms in total. The topological polar surface area (TPSA) is 74.2 Å². The first kappa shape index (κ1) is 17.8. The molecular weight excluding hydrogens is 410 g/mol. The van der Waals surface area contributed by atoms with Gasteiger partial charge in [0.15, 0.2) is 0 Å². The van der Waals surface area contributed by atoms with Gasteiger partial charge in [-0.3, -0.25) is 9.59 Å². The predicted octanol–water partition coefficient (Wildman–Crippen LogP) is 1.92. The van der Waals surface area contributed by atoms with E-state index in [0.717, 1.165) is 22.2 Å². The van der Waals surface area contributed by atoms with E-state index in [1.165, 1.54) is 4.68 Å². The van der Waals surface area contributed by atoms with Crippen LogP contribution in [0.3, 0.4) is 0 Å². The van der Waals surface area contributed by atoms with Crippen LogP contribution in [0.15, 0.2) is 45.9 Å². The second-order valence-electron chi connectivity index (χ2n) is 6.68. The fourth-order valence-corrected chi connectivity index (χ4v) is 4.08. The number of nitrogens with one attached hydrogen (secondary N) is 1. The standard InChI is InChI=1S/C19H20BrN5O2/c1-23-19(27)18(20)16(12-22-23)24-6-8-25(9-7-24)17(26)10-13-11-21-15-5-3-2-4-14(13)15/h2-5,11-12,21H,6-10H2,1H3. The van der Waals surface area contributed by atoms with Crippen molar-refractivity contribution in [2.24, 2.45) is 7.05 Å². The van der Waals surface area contributed by atoms with E-state index < -0.39 is 0 Å². The number of H-pyrrole nitrogens is 1. The van der Waals surface area contributed by atoms with Crippen molar-refractivity contribution in [1.82, 2.24) is 19.7 Å². The zero-order valence-electron chi connectivity index (χ0n) is 15.0. The van der Waals surface area contributed by atoms with Gasteiger partial charge in [0, 0.05) is 50.3 Å². The van der Waals surface area contributed by atoms with Crippen molar-refractivity contribution in [2.75, 3.05) is 31.1 Å². The van der Waals surface area contributed by atoms with Crippen molar-refractivity contribution in [3.63, 3.8) is 0 Å². The fourth-order valence-electron chi connectivity index (χ4n) is 3.47. The van der Waals surface area contributed by atoms with Gasteiger partial charge in [0.05, 0.1) is 18.3 Å². The van der Waals surface area contributed by atoms with Crippen molar-refractivity contribution in [2.45, 2.75) is 6.42 Å². The third kappa shape index (κ3) is 3.37. The molecule has 1 amide bonds. The highest BCUT2D eigenvalue weighted by molar-refractivity contribution is 9.10. The quantitative estimate of drug-likeness (QED) is 0.689. The molecule has 4 rings (SSSR count). The lowest BCUT2D eigenvalue weighted by Gasteiger charge is -2.36. The number of carbonyl (C=O) groups excluding carboxylic acids is 1. The molecule has 0 atom stereocenters. The molecule has 3 heterocycles. The molecule has 0 spiro atoms. The number of para-hydroxylation sites is 1. The van der Waals surface area contributed by atoms with E-state index >= 15 is 0 Å². The molecule has 2 aromatic heterocycles. The van der Waals surface area contributed by atoms with Crippen LogP contribution in [-0.4, -0.2) is 51.8 Å². The monoisotopic (exact) mass is 429 g/mol. The number of aryl methyl sites for hydroxylation is 1. The maximum absolute atomic E-state index is 12.7. The summed E-state index contributed by atoms with van der Waals surface area (Å²) >= 11 is 3.37. The highest BCUT2D eigenvalue weighted by Crippen LogP contribution is 2.23. The number of aromatic nitrogens is 3. The number of hydrogen-bond donors (Lipinski definition) is 1. The Balaban J connectivity index is 1.42. The van der Waals surface area contributed by atoms with E-state index in [4.69, 9.17) is 0 Å². The second-order valence-corrected chi connectivity index (χ2v) is 7.47. The van der Waals surface area contributed by atoms with Gasteiger partial charge in [-0.2, -0.15) is 5.10 Å². The molecule has 140 valence electrons. The Labute approximate surface area is 164 Å². The van der Waals surface area contributed by atoms with Crippen LogP contribution in [-0.2, 0) is 18.3 Å². The number of rotatable bonds is 3. The van der Waals surface area contributed by atoms with Crippen LogP contribution in [0.1, 0.15) is 5.56 Å². The lowest BCUT2D eigenvalue weighted by atomic mass is 10.1. The van der Waals surface area contributed by atoms with Crippen LogP contribution in [0.4, 0.5) is 5.69 Å². The lowest BCUT2D eigenvalue weighted by molar-refractivity contribution is -0.130. The largest absolute Gasteiger partial charge is 0.366 e. The summed E-state index contributed by atoms with van der Waals surface area (Å²) in [6.45, 7) is 2.60. The number of anilines is 1. The molecule has 1 fully saturated rings. The van der Waals surface area contributed by atoms with Gasteiger partial charge in [-0.1, -0.05) is 18.2 Å². The molecule has 0 unspecified atom stereocenters. The fraction of sp³-hybridized carbons (Fsp3) is 0.316. The number of hydrogen-bond acceptors (Lipinski definition) is 4. The average Bonchev–Trinajstić information content (AvgIpc) is 3.09. The molecule has 3 aromatic rings. The third-order valence-electron chi connectivity index (χ3n) is 5.05. The van der Waals surface area contributed by atoms with Crippen LogP contribution in [0.5, 0.6) is 0 Å². The molecule has 1 saturated heterocycles. The van der Waals surface area contributed by atoms with E-state index in [9.17, 15) is 9.59 Å². The second kappa shape index (κ2) is 7.19. The summed E-state index contributed by atoms with van der Waals surface area (Å²) in [7, 11) is 1.62. The molecule has 0 bridgehead atoms. The molecule has 0 saturated carbocycles. The van der Waals surface area contributed by atoms with Crippen molar-refractivity contribution in [1.29, 1.82) is 0 Å². The molecule has 1 aliphatic heterocycles. The molecule has 27 heavy (non-hydrogen) atoms. The maximum atomic E-state index is 12.7. The summed E-state index contributed by atoms with van der Waals surface area (Å²) in [5.74, 6) is 0.126. The van der Waals surface area contributed by atoms with Gasteiger partial charge < -0.3 is 14.8 Å². The number of amides is 1. The van der Waals surface area contributed by atoms with E-state index in [1.54, 1.807) is 13.2 Å². The molecule has 0 aliphatic carbocycles. The number of nitrogens with zero attached hydrogens (tertiary/aromatic N) is 4. The van der Waals surface area contributed by atoms with Gasteiger partial charge in [0.2, 0.25) is 5.91 Å². The Morgan fingerprint density at radius 3 is 2.74 bits per heavy atom. The zero-order chi connectivity index (χ0) is 19.0. The minimum absolute atomic E-state index is 0.126. The molecule has 1 N–H and O–H groups in total. The Hall–Kier alpha value is -2.61. The van der Waals surface area contributed by atoms with Gasteiger partial charge in [-0.15, -0.1) is 0 Å². The van der Waals surface area contributed by atoms with Gasteiger partial charge in [0.1, 0.15) is 4.47 Å². The van der Waals surface area contributed by atoms with Gasteiger partial charge >= 0.3 is 0 Å².